The fourth-order valence-corrected chi connectivity index (χ4v) is 7.87. The average molecular weight is 680 g/mol. The number of hydrogen-bond acceptors (Lipinski definition) is 8. The van der Waals surface area contributed by atoms with Gasteiger partial charge in [-0.25, -0.2) is 4.98 Å². The highest BCUT2D eigenvalue weighted by Crippen LogP contribution is 2.43. The minimum absolute atomic E-state index is 0.0132. The van der Waals surface area contributed by atoms with Crippen molar-refractivity contribution >= 4 is 35.3 Å². The summed E-state index contributed by atoms with van der Waals surface area (Å²) in [6.45, 7) is 7.85. The molecule has 0 unspecified atom stereocenters. The fraction of sp³-hybridized carbons (Fsp3) is 0.722. The Hall–Kier alpha value is -3.90. The summed E-state index contributed by atoms with van der Waals surface area (Å²) in [4.78, 5) is 91.4. The molecule has 5 rings (SSSR count). The van der Waals surface area contributed by atoms with Crippen LogP contribution in [-0.2, 0) is 24.0 Å². The van der Waals surface area contributed by atoms with Gasteiger partial charge in [-0.1, -0.05) is 59.8 Å². The lowest BCUT2D eigenvalue weighted by atomic mass is 9.82. The molecule has 268 valence electrons. The number of carbonyl (C=O) groups is 6. The first-order chi connectivity index (χ1) is 23.4. The third-order valence-electron chi connectivity index (χ3n) is 10.7. The SMILES string of the molecule is CCC[C@@H](NC(=O)[C@@H]1[C@H]2CCC[C@H]2CN1C(=O)[C@@H](NC(=O)[C@@H](NC(=O)c1cnccn1)C1CCCCC1)C(C)(C)C)C(=O)C(=O)NC1CC1. The molecule has 13 heteroatoms. The quantitative estimate of drug-likeness (QED) is 0.230. The van der Waals surface area contributed by atoms with Crippen LogP contribution in [0.25, 0.3) is 0 Å². The Bertz CT molecular complexity index is 1390. The number of aromatic nitrogens is 2. The average Bonchev–Trinajstić information content (AvgIpc) is 3.65. The van der Waals surface area contributed by atoms with Crippen LogP contribution in [0.1, 0.15) is 115 Å². The molecule has 3 saturated carbocycles. The lowest BCUT2D eigenvalue weighted by molar-refractivity contribution is -0.146. The van der Waals surface area contributed by atoms with Crippen LogP contribution in [0.5, 0.6) is 0 Å². The van der Waals surface area contributed by atoms with Crippen LogP contribution in [0.15, 0.2) is 18.6 Å². The standard InChI is InChI=1S/C36H53N7O6/c1-5-10-25(29(44)34(48)39-23-15-16-23)40-33(47)28-24-14-9-13-22(24)20-43(28)35(49)30(36(2,3)4)42-32(46)27(21-11-7-6-8-12-21)41-31(45)26-19-37-17-18-38-26/h17-19,21-25,27-28,30H,5-16,20H2,1-4H3,(H,39,48)(H,40,47)(H,41,45)(H,42,46)/t22-,24-,25+,27-,28-,30+/m0/s1. The lowest BCUT2D eigenvalue weighted by Gasteiger charge is -2.38. The van der Waals surface area contributed by atoms with Crippen molar-refractivity contribution in [2.24, 2.45) is 23.2 Å². The number of amides is 5. The summed E-state index contributed by atoms with van der Waals surface area (Å²) in [6, 6.07) is -3.68. The normalized spacial score (nSPS) is 24.2. The van der Waals surface area contributed by atoms with Gasteiger partial charge >= 0.3 is 0 Å². The molecule has 1 aliphatic heterocycles. The highest BCUT2D eigenvalue weighted by Gasteiger charge is 2.52. The van der Waals surface area contributed by atoms with E-state index in [0.29, 0.717) is 19.4 Å². The molecule has 0 radical (unpaired) electrons. The zero-order valence-corrected chi connectivity index (χ0v) is 29.3. The van der Waals surface area contributed by atoms with E-state index < -0.39 is 59.0 Å². The molecule has 0 aromatic carbocycles. The Kier molecular flexibility index (Phi) is 11.7. The van der Waals surface area contributed by atoms with Gasteiger partial charge in [-0.2, -0.15) is 0 Å². The second-order valence-corrected chi connectivity index (χ2v) is 15.5. The Morgan fingerprint density at radius 2 is 1.63 bits per heavy atom. The summed E-state index contributed by atoms with van der Waals surface area (Å²) in [5.41, 5.74) is -0.638. The minimum atomic E-state index is -0.994. The van der Waals surface area contributed by atoms with Gasteiger partial charge in [0.15, 0.2) is 0 Å². The maximum atomic E-state index is 14.6. The molecule has 0 bridgehead atoms. The number of nitrogens with one attached hydrogen (secondary N) is 4. The summed E-state index contributed by atoms with van der Waals surface area (Å²) < 4.78 is 0. The molecular weight excluding hydrogens is 626 g/mol. The first kappa shape index (κ1) is 36.4. The Morgan fingerprint density at radius 1 is 0.898 bits per heavy atom. The van der Waals surface area contributed by atoms with Gasteiger partial charge < -0.3 is 26.2 Å². The zero-order chi connectivity index (χ0) is 35.3. The van der Waals surface area contributed by atoms with Crippen molar-refractivity contribution < 1.29 is 28.8 Å². The molecule has 6 atom stereocenters. The summed E-state index contributed by atoms with van der Waals surface area (Å²) >= 11 is 0. The van der Waals surface area contributed by atoms with Crippen LogP contribution in [0.2, 0.25) is 0 Å². The van der Waals surface area contributed by atoms with Crippen molar-refractivity contribution in [2.75, 3.05) is 6.54 Å². The number of carbonyl (C=O) groups excluding carboxylic acids is 6. The highest BCUT2D eigenvalue weighted by molar-refractivity contribution is 6.38. The van der Waals surface area contributed by atoms with E-state index >= 15 is 0 Å². The first-order valence-electron chi connectivity index (χ1n) is 18.2. The number of likely N-dealkylation sites (tertiary alicyclic amines) is 1. The number of hydrogen-bond donors (Lipinski definition) is 4. The monoisotopic (exact) mass is 679 g/mol. The van der Waals surface area contributed by atoms with Gasteiger partial charge in [0.2, 0.25) is 23.5 Å². The van der Waals surface area contributed by atoms with Crippen molar-refractivity contribution in [3.8, 4) is 0 Å². The molecule has 3 aliphatic carbocycles. The number of nitrogens with zero attached hydrogens (tertiary/aromatic N) is 3. The summed E-state index contributed by atoms with van der Waals surface area (Å²) in [7, 11) is 0. The van der Waals surface area contributed by atoms with Crippen molar-refractivity contribution in [1.82, 2.24) is 36.1 Å². The van der Waals surface area contributed by atoms with Gasteiger partial charge in [0, 0.05) is 25.0 Å². The first-order valence-corrected chi connectivity index (χ1v) is 18.2. The Balaban J connectivity index is 1.36. The Labute approximate surface area is 288 Å². The molecule has 1 aromatic rings. The fourth-order valence-electron chi connectivity index (χ4n) is 7.87. The van der Waals surface area contributed by atoms with Crippen molar-refractivity contribution in [2.45, 2.75) is 135 Å². The van der Waals surface area contributed by atoms with Gasteiger partial charge in [-0.05, 0) is 68.1 Å². The van der Waals surface area contributed by atoms with Crippen LogP contribution in [0, 0.1) is 23.2 Å². The van der Waals surface area contributed by atoms with Crippen molar-refractivity contribution in [3.63, 3.8) is 0 Å². The van der Waals surface area contributed by atoms with E-state index in [4.69, 9.17) is 0 Å². The predicted molar refractivity (Wildman–Crippen MR) is 181 cm³/mol. The maximum Gasteiger partial charge on any atom is 0.289 e. The molecule has 1 saturated heterocycles. The van der Waals surface area contributed by atoms with E-state index in [9.17, 15) is 28.8 Å². The van der Waals surface area contributed by atoms with Crippen molar-refractivity contribution in [3.05, 3.63) is 24.3 Å². The molecule has 49 heavy (non-hydrogen) atoms. The number of fused-ring (bicyclic) bond motifs is 1. The number of rotatable bonds is 13. The van der Waals surface area contributed by atoms with Crippen LogP contribution in [-0.4, -0.2) is 86.9 Å². The molecular formula is C36H53N7O6. The Morgan fingerprint density at radius 3 is 2.27 bits per heavy atom. The van der Waals surface area contributed by atoms with Gasteiger partial charge in [0.1, 0.15) is 23.8 Å². The second-order valence-electron chi connectivity index (χ2n) is 15.5. The summed E-state index contributed by atoms with van der Waals surface area (Å²) in [5.74, 6) is -3.20. The minimum Gasteiger partial charge on any atom is -0.347 e. The molecule has 4 aliphatic rings. The molecule has 4 fully saturated rings. The third kappa shape index (κ3) is 8.83. The molecule has 1 aromatic heterocycles. The van der Waals surface area contributed by atoms with Gasteiger partial charge in [-0.3, -0.25) is 33.8 Å². The second kappa shape index (κ2) is 15.8. The van der Waals surface area contributed by atoms with E-state index in [-0.39, 0.29) is 35.4 Å². The largest absolute Gasteiger partial charge is 0.347 e. The highest BCUT2D eigenvalue weighted by atomic mass is 16.2. The number of Topliss-reactive ketones (excluding diaryl/α,β-unsaturated/α-hetero) is 1. The molecule has 0 spiro atoms. The van der Waals surface area contributed by atoms with E-state index in [0.717, 1.165) is 64.2 Å². The smallest absolute Gasteiger partial charge is 0.289 e. The van der Waals surface area contributed by atoms with Gasteiger partial charge in [0.25, 0.3) is 11.8 Å². The van der Waals surface area contributed by atoms with Crippen LogP contribution in [0.3, 0.4) is 0 Å². The summed E-state index contributed by atoms with van der Waals surface area (Å²) in [5, 5.41) is 11.5. The summed E-state index contributed by atoms with van der Waals surface area (Å²) in [6.07, 6.45) is 13.9. The molecule has 5 amide bonds. The lowest BCUT2D eigenvalue weighted by Crippen LogP contribution is -2.62. The van der Waals surface area contributed by atoms with Crippen LogP contribution < -0.4 is 21.3 Å². The van der Waals surface area contributed by atoms with E-state index in [1.165, 1.54) is 18.6 Å². The van der Waals surface area contributed by atoms with Crippen molar-refractivity contribution in [1.29, 1.82) is 0 Å². The van der Waals surface area contributed by atoms with E-state index in [1.807, 2.05) is 27.7 Å². The third-order valence-corrected chi connectivity index (χ3v) is 10.7. The topological polar surface area (TPSA) is 180 Å². The van der Waals surface area contributed by atoms with Crippen LogP contribution >= 0.6 is 0 Å². The zero-order valence-electron chi connectivity index (χ0n) is 29.3. The predicted octanol–water partition coefficient (Wildman–Crippen LogP) is 2.45. The molecule has 4 N–H and O–H groups in total. The molecule has 2 heterocycles. The van der Waals surface area contributed by atoms with E-state index in [2.05, 4.69) is 31.2 Å². The van der Waals surface area contributed by atoms with E-state index in [1.54, 1.807) is 4.90 Å². The number of ketones is 1. The van der Waals surface area contributed by atoms with Gasteiger partial charge in [-0.15, -0.1) is 0 Å². The molecule has 13 nitrogen and oxygen atoms in total. The van der Waals surface area contributed by atoms with Gasteiger partial charge in [0.05, 0.1) is 12.2 Å². The maximum absolute atomic E-state index is 14.6. The van der Waals surface area contributed by atoms with Crippen LogP contribution in [0.4, 0.5) is 0 Å².